The molecule has 0 fully saturated rings. The van der Waals surface area contributed by atoms with E-state index in [-0.39, 0.29) is 24.0 Å². The SMILES string of the molecule is CC(C)C(=O)CCC(=O)NCCOCCOCCN. The highest BCUT2D eigenvalue weighted by Gasteiger charge is 2.09. The van der Waals surface area contributed by atoms with Crippen LogP contribution in [0.15, 0.2) is 0 Å². The van der Waals surface area contributed by atoms with Gasteiger partial charge >= 0.3 is 0 Å². The van der Waals surface area contributed by atoms with Gasteiger partial charge < -0.3 is 20.5 Å². The zero-order valence-electron chi connectivity index (χ0n) is 11.9. The predicted octanol–water partition coefficient (Wildman–Crippen LogP) is 0.0998. The number of Topliss-reactive ketones (excluding diaryl/α,β-unsaturated/α-hetero) is 1. The van der Waals surface area contributed by atoms with Gasteiger partial charge in [-0.1, -0.05) is 13.8 Å². The fourth-order valence-electron chi connectivity index (χ4n) is 1.28. The molecule has 0 unspecified atom stereocenters. The van der Waals surface area contributed by atoms with Crippen molar-refractivity contribution in [2.75, 3.05) is 39.5 Å². The molecule has 0 aliphatic heterocycles. The fraction of sp³-hybridized carbons (Fsp3) is 0.846. The van der Waals surface area contributed by atoms with Crippen LogP contribution in [0, 0.1) is 5.92 Å². The maximum Gasteiger partial charge on any atom is 0.220 e. The minimum atomic E-state index is -0.114. The van der Waals surface area contributed by atoms with Crippen LogP contribution in [0.3, 0.4) is 0 Å². The summed E-state index contributed by atoms with van der Waals surface area (Å²) in [7, 11) is 0. The Morgan fingerprint density at radius 2 is 1.68 bits per heavy atom. The lowest BCUT2D eigenvalue weighted by atomic mass is 10.0. The number of amides is 1. The molecule has 0 heterocycles. The Morgan fingerprint density at radius 1 is 1.05 bits per heavy atom. The van der Waals surface area contributed by atoms with Gasteiger partial charge in [0.15, 0.2) is 0 Å². The molecule has 0 bridgehead atoms. The van der Waals surface area contributed by atoms with E-state index >= 15 is 0 Å². The van der Waals surface area contributed by atoms with Crippen LogP contribution in [0.1, 0.15) is 26.7 Å². The van der Waals surface area contributed by atoms with E-state index in [2.05, 4.69) is 5.32 Å². The number of nitrogens with one attached hydrogen (secondary N) is 1. The number of nitrogens with two attached hydrogens (primary N) is 1. The maximum absolute atomic E-state index is 11.4. The topological polar surface area (TPSA) is 90.7 Å². The first-order valence-electron chi connectivity index (χ1n) is 6.73. The van der Waals surface area contributed by atoms with E-state index in [4.69, 9.17) is 15.2 Å². The van der Waals surface area contributed by atoms with Gasteiger partial charge in [-0.15, -0.1) is 0 Å². The van der Waals surface area contributed by atoms with E-state index in [1.165, 1.54) is 0 Å². The monoisotopic (exact) mass is 274 g/mol. The second-order valence-corrected chi connectivity index (χ2v) is 4.48. The van der Waals surface area contributed by atoms with Crippen molar-refractivity contribution < 1.29 is 19.1 Å². The summed E-state index contributed by atoms with van der Waals surface area (Å²) in [5.41, 5.74) is 5.26. The van der Waals surface area contributed by atoms with E-state index in [9.17, 15) is 9.59 Å². The van der Waals surface area contributed by atoms with Crippen LogP contribution in [-0.4, -0.2) is 51.2 Å². The van der Waals surface area contributed by atoms with Crippen molar-refractivity contribution in [2.45, 2.75) is 26.7 Å². The number of carbonyl (C=O) groups excluding carboxylic acids is 2. The first-order chi connectivity index (χ1) is 9.07. The largest absolute Gasteiger partial charge is 0.378 e. The molecule has 19 heavy (non-hydrogen) atoms. The zero-order valence-corrected chi connectivity index (χ0v) is 11.9. The van der Waals surface area contributed by atoms with Crippen LogP contribution in [0.5, 0.6) is 0 Å². The standard InChI is InChI=1S/C13H26N2O4/c1-11(2)12(16)3-4-13(17)15-6-8-19-10-9-18-7-5-14/h11H,3-10,14H2,1-2H3,(H,15,17). The van der Waals surface area contributed by atoms with Gasteiger partial charge in [0.2, 0.25) is 5.91 Å². The Hall–Kier alpha value is -0.980. The molecule has 0 aliphatic carbocycles. The molecule has 0 aromatic rings. The van der Waals surface area contributed by atoms with Crippen molar-refractivity contribution in [3.05, 3.63) is 0 Å². The molecule has 0 aromatic carbocycles. The average Bonchev–Trinajstić information content (AvgIpc) is 2.38. The van der Waals surface area contributed by atoms with Crippen molar-refractivity contribution in [1.82, 2.24) is 5.32 Å². The molecule has 1 amide bonds. The Kier molecular flexibility index (Phi) is 11.5. The maximum atomic E-state index is 11.4. The minimum absolute atomic E-state index is 0.00958. The summed E-state index contributed by atoms with van der Waals surface area (Å²) >= 11 is 0. The van der Waals surface area contributed by atoms with Gasteiger partial charge in [0.05, 0.1) is 26.4 Å². The lowest BCUT2D eigenvalue weighted by Gasteiger charge is -2.07. The number of carbonyl (C=O) groups is 2. The molecule has 0 saturated heterocycles. The Balaban J connectivity index is 3.32. The summed E-state index contributed by atoms with van der Waals surface area (Å²) in [6.07, 6.45) is 0.550. The molecule has 0 aliphatic rings. The summed E-state index contributed by atoms with van der Waals surface area (Å²) in [6.45, 7) is 6.59. The van der Waals surface area contributed by atoms with E-state index < -0.39 is 0 Å². The molecule has 0 saturated carbocycles. The molecule has 0 aromatic heterocycles. The third-order valence-corrected chi connectivity index (χ3v) is 2.45. The van der Waals surface area contributed by atoms with E-state index in [1.54, 1.807) is 0 Å². The summed E-state index contributed by atoms with van der Waals surface area (Å²) in [5, 5.41) is 2.70. The second-order valence-electron chi connectivity index (χ2n) is 4.48. The molecular formula is C13H26N2O4. The molecule has 0 spiro atoms. The lowest BCUT2D eigenvalue weighted by molar-refractivity contribution is -0.126. The van der Waals surface area contributed by atoms with Crippen LogP contribution in [-0.2, 0) is 19.1 Å². The van der Waals surface area contributed by atoms with Crippen molar-refractivity contribution in [1.29, 1.82) is 0 Å². The van der Waals surface area contributed by atoms with Gasteiger partial charge in [-0.05, 0) is 0 Å². The van der Waals surface area contributed by atoms with E-state index in [0.717, 1.165) is 0 Å². The Bertz CT molecular complexity index is 257. The van der Waals surface area contributed by atoms with Crippen molar-refractivity contribution in [3.63, 3.8) is 0 Å². The molecular weight excluding hydrogens is 248 g/mol. The quantitative estimate of drug-likeness (QED) is 0.493. The second kappa shape index (κ2) is 12.1. The van der Waals surface area contributed by atoms with Gasteiger partial charge in [-0.3, -0.25) is 9.59 Å². The third kappa shape index (κ3) is 11.8. The fourth-order valence-corrected chi connectivity index (χ4v) is 1.28. The van der Waals surface area contributed by atoms with Crippen molar-refractivity contribution >= 4 is 11.7 Å². The smallest absolute Gasteiger partial charge is 0.220 e. The number of ketones is 1. The molecule has 0 atom stereocenters. The number of ether oxygens (including phenoxy) is 2. The normalized spacial score (nSPS) is 10.7. The number of hydrogen-bond acceptors (Lipinski definition) is 5. The molecule has 3 N–H and O–H groups in total. The molecule has 112 valence electrons. The van der Waals surface area contributed by atoms with Gasteiger partial charge in [-0.25, -0.2) is 0 Å². The summed E-state index contributed by atoms with van der Waals surface area (Å²) in [6, 6.07) is 0. The Labute approximate surface area is 115 Å². The summed E-state index contributed by atoms with van der Waals surface area (Å²) < 4.78 is 10.4. The zero-order chi connectivity index (χ0) is 14.5. The highest BCUT2D eigenvalue weighted by Crippen LogP contribution is 2.01. The third-order valence-electron chi connectivity index (χ3n) is 2.45. The van der Waals surface area contributed by atoms with Crippen molar-refractivity contribution in [3.8, 4) is 0 Å². The van der Waals surface area contributed by atoms with Crippen LogP contribution in [0.4, 0.5) is 0 Å². The summed E-state index contributed by atoms with van der Waals surface area (Å²) in [4.78, 5) is 22.7. The van der Waals surface area contributed by atoms with E-state index in [1.807, 2.05) is 13.8 Å². The van der Waals surface area contributed by atoms with Gasteiger partial charge in [0.1, 0.15) is 5.78 Å². The minimum Gasteiger partial charge on any atom is -0.378 e. The number of hydrogen-bond donors (Lipinski definition) is 2. The molecule has 0 rings (SSSR count). The van der Waals surface area contributed by atoms with Gasteiger partial charge in [-0.2, -0.15) is 0 Å². The Morgan fingerprint density at radius 3 is 2.26 bits per heavy atom. The van der Waals surface area contributed by atoms with Crippen LogP contribution in [0.2, 0.25) is 0 Å². The first-order valence-corrected chi connectivity index (χ1v) is 6.73. The van der Waals surface area contributed by atoms with E-state index in [0.29, 0.717) is 45.9 Å². The highest BCUT2D eigenvalue weighted by molar-refractivity contribution is 5.85. The lowest BCUT2D eigenvalue weighted by Crippen LogP contribution is -2.28. The molecule has 6 heteroatoms. The number of rotatable bonds is 12. The van der Waals surface area contributed by atoms with Gasteiger partial charge in [0.25, 0.3) is 0 Å². The summed E-state index contributed by atoms with van der Waals surface area (Å²) in [5.74, 6) is -0.00918. The van der Waals surface area contributed by atoms with Gasteiger partial charge in [0, 0.05) is 31.8 Å². The first kappa shape index (κ1) is 18.0. The van der Waals surface area contributed by atoms with Crippen molar-refractivity contribution in [2.24, 2.45) is 11.7 Å². The molecule has 6 nitrogen and oxygen atoms in total. The van der Waals surface area contributed by atoms with Crippen LogP contribution < -0.4 is 11.1 Å². The highest BCUT2D eigenvalue weighted by atomic mass is 16.5. The van der Waals surface area contributed by atoms with Crippen LogP contribution >= 0.6 is 0 Å². The van der Waals surface area contributed by atoms with Crippen LogP contribution in [0.25, 0.3) is 0 Å². The average molecular weight is 274 g/mol. The predicted molar refractivity (Wildman–Crippen MR) is 72.8 cm³/mol. The molecule has 0 radical (unpaired) electrons.